The summed E-state index contributed by atoms with van der Waals surface area (Å²) in [4.78, 5) is 0. The molecule has 0 aromatic heterocycles. The lowest BCUT2D eigenvalue weighted by atomic mass is 10.2. The fraction of sp³-hybridized carbons (Fsp3) is 0.571. The second kappa shape index (κ2) is 8.60. The summed E-state index contributed by atoms with van der Waals surface area (Å²) >= 11 is 3.34. The summed E-state index contributed by atoms with van der Waals surface area (Å²) in [5.74, 6) is 1.07. The minimum atomic E-state index is -4.62. The Morgan fingerprint density at radius 2 is 1.95 bits per heavy atom. The molecule has 0 heterocycles. The highest BCUT2D eigenvalue weighted by Crippen LogP contribution is 2.26. The molecule has 1 aromatic carbocycles. The molecule has 1 rings (SSSR count). The van der Waals surface area contributed by atoms with Gasteiger partial charge in [-0.2, -0.15) is 0 Å². The maximum Gasteiger partial charge on any atom is 0.522 e. The molecule has 0 aliphatic carbocycles. The first kappa shape index (κ1) is 18.3. The molecule has 0 aliphatic heterocycles. The molecule has 0 saturated carbocycles. The first-order valence-corrected chi connectivity index (χ1v) is 7.40. The van der Waals surface area contributed by atoms with Gasteiger partial charge in [0.15, 0.2) is 0 Å². The average Bonchev–Trinajstić information content (AvgIpc) is 2.35. The molecule has 0 aliphatic rings. The molecule has 0 radical (unpaired) electrons. The zero-order valence-electron chi connectivity index (χ0n) is 12.0. The van der Waals surface area contributed by atoms with Crippen molar-refractivity contribution in [3.63, 3.8) is 0 Å². The van der Waals surface area contributed by atoms with Gasteiger partial charge in [0.1, 0.15) is 12.4 Å². The molecule has 120 valence electrons. The lowest BCUT2D eigenvalue weighted by molar-refractivity contribution is -0.325. The molecular formula is C14H19BrF3NO2. The second-order valence-electron chi connectivity index (χ2n) is 4.93. The van der Waals surface area contributed by atoms with Gasteiger partial charge in [-0.15, -0.1) is 13.2 Å². The van der Waals surface area contributed by atoms with Crippen molar-refractivity contribution in [2.75, 3.05) is 19.8 Å². The van der Waals surface area contributed by atoms with Crippen LogP contribution < -0.4 is 10.1 Å². The molecule has 0 spiro atoms. The van der Waals surface area contributed by atoms with E-state index in [9.17, 15) is 13.2 Å². The summed E-state index contributed by atoms with van der Waals surface area (Å²) < 4.78 is 45.0. The maximum absolute atomic E-state index is 11.8. The predicted octanol–water partition coefficient (Wildman–Crippen LogP) is 4.11. The third kappa shape index (κ3) is 8.28. The number of ether oxygens (including phenoxy) is 2. The molecule has 0 bridgehead atoms. The van der Waals surface area contributed by atoms with E-state index in [2.05, 4.69) is 39.8 Å². The SMILES string of the molecule is CC(C)CNCc1ccc(OCCOC(F)(F)F)c(Br)c1. The van der Waals surface area contributed by atoms with Crippen LogP contribution in [-0.2, 0) is 11.3 Å². The van der Waals surface area contributed by atoms with Crippen molar-refractivity contribution >= 4 is 15.9 Å². The zero-order chi connectivity index (χ0) is 15.9. The third-order valence-electron chi connectivity index (χ3n) is 2.48. The van der Waals surface area contributed by atoms with Gasteiger partial charge in [0, 0.05) is 6.54 Å². The quantitative estimate of drug-likeness (QED) is 0.699. The maximum atomic E-state index is 11.8. The van der Waals surface area contributed by atoms with Crippen molar-refractivity contribution in [2.45, 2.75) is 26.8 Å². The van der Waals surface area contributed by atoms with Gasteiger partial charge in [-0.1, -0.05) is 19.9 Å². The minimum absolute atomic E-state index is 0.164. The lowest BCUT2D eigenvalue weighted by Crippen LogP contribution is -2.19. The fourth-order valence-electron chi connectivity index (χ4n) is 1.59. The molecule has 21 heavy (non-hydrogen) atoms. The number of hydrogen-bond acceptors (Lipinski definition) is 3. The number of alkyl halides is 3. The van der Waals surface area contributed by atoms with Gasteiger partial charge in [-0.3, -0.25) is 4.74 Å². The van der Waals surface area contributed by atoms with Gasteiger partial charge in [-0.25, -0.2) is 0 Å². The van der Waals surface area contributed by atoms with Gasteiger partial charge in [0.2, 0.25) is 0 Å². The van der Waals surface area contributed by atoms with Crippen LogP contribution in [0, 0.1) is 5.92 Å². The number of nitrogens with one attached hydrogen (secondary N) is 1. The highest BCUT2D eigenvalue weighted by Gasteiger charge is 2.28. The van der Waals surface area contributed by atoms with Crippen molar-refractivity contribution < 1.29 is 22.6 Å². The van der Waals surface area contributed by atoms with Gasteiger partial charge in [-0.05, 0) is 46.1 Å². The Kier molecular flexibility index (Phi) is 7.48. The van der Waals surface area contributed by atoms with E-state index in [0.29, 0.717) is 16.1 Å². The van der Waals surface area contributed by atoms with E-state index in [1.165, 1.54) is 0 Å². The van der Waals surface area contributed by atoms with E-state index in [-0.39, 0.29) is 6.61 Å². The Hall–Kier alpha value is -0.790. The highest BCUT2D eigenvalue weighted by atomic mass is 79.9. The van der Waals surface area contributed by atoms with E-state index in [1.54, 1.807) is 6.07 Å². The predicted molar refractivity (Wildman–Crippen MR) is 78.2 cm³/mol. The number of hydrogen-bond donors (Lipinski definition) is 1. The van der Waals surface area contributed by atoms with Crippen LogP contribution in [0.2, 0.25) is 0 Å². The van der Waals surface area contributed by atoms with Crippen LogP contribution in [0.5, 0.6) is 5.75 Å². The Balaban J connectivity index is 2.39. The normalized spacial score (nSPS) is 12.0. The summed E-state index contributed by atoms with van der Waals surface area (Å²) in [7, 11) is 0. The number of benzene rings is 1. The van der Waals surface area contributed by atoms with Crippen LogP contribution in [0.15, 0.2) is 22.7 Å². The summed E-state index contributed by atoms with van der Waals surface area (Å²) in [5.41, 5.74) is 1.07. The van der Waals surface area contributed by atoms with E-state index in [1.807, 2.05) is 12.1 Å². The monoisotopic (exact) mass is 369 g/mol. The summed E-state index contributed by atoms with van der Waals surface area (Å²) in [5, 5.41) is 3.31. The van der Waals surface area contributed by atoms with E-state index >= 15 is 0 Å². The molecule has 7 heteroatoms. The van der Waals surface area contributed by atoms with Crippen LogP contribution >= 0.6 is 15.9 Å². The van der Waals surface area contributed by atoms with Crippen molar-refractivity contribution in [3.8, 4) is 5.75 Å². The molecule has 0 unspecified atom stereocenters. The fourth-order valence-corrected chi connectivity index (χ4v) is 2.13. The molecule has 1 N–H and O–H groups in total. The van der Waals surface area contributed by atoms with Crippen LogP contribution in [-0.4, -0.2) is 26.1 Å². The van der Waals surface area contributed by atoms with Crippen LogP contribution in [0.3, 0.4) is 0 Å². The highest BCUT2D eigenvalue weighted by molar-refractivity contribution is 9.10. The molecule has 0 saturated heterocycles. The average molecular weight is 370 g/mol. The van der Waals surface area contributed by atoms with Crippen molar-refractivity contribution in [1.82, 2.24) is 5.32 Å². The minimum Gasteiger partial charge on any atom is -0.490 e. The Labute approximate surface area is 130 Å². The molecule has 0 amide bonds. The molecule has 0 atom stereocenters. The van der Waals surface area contributed by atoms with E-state index in [4.69, 9.17) is 4.74 Å². The van der Waals surface area contributed by atoms with Crippen LogP contribution in [0.1, 0.15) is 19.4 Å². The van der Waals surface area contributed by atoms with Crippen LogP contribution in [0.4, 0.5) is 13.2 Å². The van der Waals surface area contributed by atoms with E-state index < -0.39 is 13.0 Å². The standard InChI is InChI=1S/C14H19BrF3NO2/c1-10(2)8-19-9-11-3-4-13(12(15)7-11)20-5-6-21-14(16,17)18/h3-4,7,10,19H,5-6,8-9H2,1-2H3. The lowest BCUT2D eigenvalue weighted by Gasteiger charge is -2.12. The Morgan fingerprint density at radius 3 is 2.52 bits per heavy atom. The van der Waals surface area contributed by atoms with Crippen molar-refractivity contribution in [2.24, 2.45) is 5.92 Å². The molecular weight excluding hydrogens is 351 g/mol. The first-order valence-electron chi connectivity index (χ1n) is 6.60. The number of rotatable bonds is 8. The summed E-state index contributed by atoms with van der Waals surface area (Å²) in [6, 6.07) is 5.48. The zero-order valence-corrected chi connectivity index (χ0v) is 13.6. The number of halogens is 4. The topological polar surface area (TPSA) is 30.5 Å². The second-order valence-corrected chi connectivity index (χ2v) is 5.79. The summed E-state index contributed by atoms with van der Waals surface area (Å²) in [6.45, 7) is 5.21. The van der Waals surface area contributed by atoms with Gasteiger partial charge in [0.25, 0.3) is 0 Å². The van der Waals surface area contributed by atoms with Gasteiger partial charge < -0.3 is 10.1 Å². The molecule has 0 fully saturated rings. The van der Waals surface area contributed by atoms with Crippen molar-refractivity contribution in [1.29, 1.82) is 0 Å². The van der Waals surface area contributed by atoms with E-state index in [0.717, 1.165) is 18.7 Å². The van der Waals surface area contributed by atoms with Crippen molar-refractivity contribution in [3.05, 3.63) is 28.2 Å². The summed E-state index contributed by atoms with van der Waals surface area (Å²) in [6.07, 6.45) is -4.62. The molecule has 1 aromatic rings. The van der Waals surface area contributed by atoms with Crippen LogP contribution in [0.25, 0.3) is 0 Å². The van der Waals surface area contributed by atoms with Gasteiger partial charge in [0.05, 0.1) is 11.1 Å². The Morgan fingerprint density at radius 1 is 1.24 bits per heavy atom. The Bertz CT molecular complexity index is 439. The smallest absolute Gasteiger partial charge is 0.490 e. The van der Waals surface area contributed by atoms with Gasteiger partial charge >= 0.3 is 6.36 Å². The first-order chi connectivity index (χ1) is 9.78. The molecule has 3 nitrogen and oxygen atoms in total. The largest absolute Gasteiger partial charge is 0.522 e. The third-order valence-corrected chi connectivity index (χ3v) is 3.10.